The van der Waals surface area contributed by atoms with Crippen molar-refractivity contribution in [1.29, 1.82) is 0 Å². The second kappa shape index (κ2) is 8.08. The molecule has 2 aliphatic heterocycles. The smallest absolute Gasteiger partial charge is 0.0108 e. The van der Waals surface area contributed by atoms with Gasteiger partial charge >= 0.3 is 0 Å². The topological polar surface area (TPSA) is 6.48 Å². The van der Waals surface area contributed by atoms with Crippen molar-refractivity contribution in [2.45, 2.75) is 58.4 Å². The normalized spacial score (nSPS) is 29.1. The van der Waals surface area contributed by atoms with Gasteiger partial charge in [0.1, 0.15) is 0 Å². The maximum absolute atomic E-state index is 2.75. The highest BCUT2D eigenvalue weighted by molar-refractivity contribution is 4.78. The van der Waals surface area contributed by atoms with Crippen LogP contribution in [0.5, 0.6) is 0 Å². The summed E-state index contributed by atoms with van der Waals surface area (Å²) in [5.41, 5.74) is 0. The van der Waals surface area contributed by atoms with Gasteiger partial charge < -0.3 is 9.80 Å². The number of rotatable bonds is 1. The molecule has 0 radical (unpaired) electrons. The van der Waals surface area contributed by atoms with Crippen molar-refractivity contribution >= 4 is 0 Å². The molecule has 2 heteroatoms. The summed E-state index contributed by atoms with van der Waals surface area (Å²) in [7, 11) is 2.26. The molecule has 0 aliphatic carbocycles. The van der Waals surface area contributed by atoms with Crippen LogP contribution in [0.25, 0.3) is 0 Å². The second-order valence-corrected chi connectivity index (χ2v) is 4.98. The Hall–Kier alpha value is -0.0800. The van der Waals surface area contributed by atoms with Crippen molar-refractivity contribution < 1.29 is 0 Å². The SMILES string of the molecule is CC.CN1CCCC(N2CCCCC2)CC1. The molecular weight excluding hydrogens is 196 g/mol. The van der Waals surface area contributed by atoms with Crippen LogP contribution in [0.15, 0.2) is 0 Å². The van der Waals surface area contributed by atoms with Crippen LogP contribution in [0.1, 0.15) is 52.4 Å². The molecule has 16 heavy (non-hydrogen) atoms. The number of hydrogen-bond acceptors (Lipinski definition) is 2. The average molecular weight is 226 g/mol. The van der Waals surface area contributed by atoms with Crippen LogP contribution in [0.4, 0.5) is 0 Å². The predicted molar refractivity (Wildman–Crippen MR) is 71.9 cm³/mol. The Kier molecular flexibility index (Phi) is 7.06. The van der Waals surface area contributed by atoms with Crippen molar-refractivity contribution in [3.63, 3.8) is 0 Å². The van der Waals surface area contributed by atoms with Gasteiger partial charge in [-0.1, -0.05) is 20.3 Å². The molecule has 2 rings (SSSR count). The summed E-state index contributed by atoms with van der Waals surface area (Å²) in [5, 5.41) is 0. The van der Waals surface area contributed by atoms with E-state index < -0.39 is 0 Å². The molecule has 0 aromatic heterocycles. The molecule has 0 saturated carbocycles. The first kappa shape index (κ1) is 14.0. The maximum Gasteiger partial charge on any atom is 0.0108 e. The summed E-state index contributed by atoms with van der Waals surface area (Å²) in [6.07, 6.45) is 8.57. The molecule has 96 valence electrons. The first-order chi connectivity index (χ1) is 7.86. The van der Waals surface area contributed by atoms with Crippen LogP contribution in [0.2, 0.25) is 0 Å². The third-order valence-corrected chi connectivity index (χ3v) is 3.83. The van der Waals surface area contributed by atoms with Gasteiger partial charge in [0.15, 0.2) is 0 Å². The van der Waals surface area contributed by atoms with E-state index in [1.807, 2.05) is 13.8 Å². The van der Waals surface area contributed by atoms with E-state index in [4.69, 9.17) is 0 Å². The lowest BCUT2D eigenvalue weighted by atomic mass is 10.0. The number of nitrogens with zero attached hydrogens (tertiary/aromatic N) is 2. The zero-order valence-electron chi connectivity index (χ0n) is 11.5. The van der Waals surface area contributed by atoms with Crippen molar-refractivity contribution in [2.24, 2.45) is 0 Å². The zero-order chi connectivity index (χ0) is 11.8. The standard InChI is InChI=1S/C12H24N2.C2H6/c1-13-8-5-6-12(7-11-13)14-9-3-2-4-10-14;1-2/h12H,2-11H2,1H3;1-2H3. The molecule has 1 unspecified atom stereocenters. The van der Waals surface area contributed by atoms with Crippen LogP contribution in [-0.2, 0) is 0 Å². The molecule has 2 nitrogen and oxygen atoms in total. The van der Waals surface area contributed by atoms with E-state index in [-0.39, 0.29) is 0 Å². The highest BCUT2D eigenvalue weighted by atomic mass is 15.2. The number of hydrogen-bond donors (Lipinski definition) is 0. The predicted octanol–water partition coefficient (Wildman–Crippen LogP) is 2.98. The van der Waals surface area contributed by atoms with Gasteiger partial charge in [-0.05, 0) is 65.3 Å². The molecular formula is C14H30N2. The van der Waals surface area contributed by atoms with E-state index >= 15 is 0 Å². The molecule has 0 aromatic carbocycles. The summed E-state index contributed by atoms with van der Waals surface area (Å²) in [5.74, 6) is 0. The molecule has 0 amide bonds. The van der Waals surface area contributed by atoms with E-state index in [0.717, 1.165) is 6.04 Å². The van der Waals surface area contributed by atoms with Crippen LogP contribution in [0, 0.1) is 0 Å². The van der Waals surface area contributed by atoms with E-state index in [0.29, 0.717) is 0 Å². The van der Waals surface area contributed by atoms with Gasteiger partial charge in [-0.2, -0.15) is 0 Å². The molecule has 0 spiro atoms. The van der Waals surface area contributed by atoms with Crippen LogP contribution in [0.3, 0.4) is 0 Å². The van der Waals surface area contributed by atoms with Crippen molar-refractivity contribution in [1.82, 2.24) is 9.80 Å². The van der Waals surface area contributed by atoms with Gasteiger partial charge in [0.05, 0.1) is 0 Å². The number of piperidine rings is 1. The summed E-state index contributed by atoms with van der Waals surface area (Å²) in [6, 6.07) is 0.903. The Morgan fingerprint density at radius 1 is 0.750 bits per heavy atom. The fourth-order valence-corrected chi connectivity index (χ4v) is 2.87. The van der Waals surface area contributed by atoms with Gasteiger partial charge in [0, 0.05) is 6.04 Å². The first-order valence-corrected chi connectivity index (χ1v) is 7.29. The van der Waals surface area contributed by atoms with E-state index in [1.54, 1.807) is 0 Å². The van der Waals surface area contributed by atoms with Gasteiger partial charge in [-0.25, -0.2) is 0 Å². The average Bonchev–Trinajstić information content (AvgIpc) is 2.58. The van der Waals surface area contributed by atoms with Crippen LogP contribution < -0.4 is 0 Å². The van der Waals surface area contributed by atoms with Crippen LogP contribution >= 0.6 is 0 Å². The molecule has 2 saturated heterocycles. The minimum atomic E-state index is 0.903. The molecule has 1 atom stereocenters. The van der Waals surface area contributed by atoms with E-state index in [1.165, 1.54) is 64.7 Å². The minimum absolute atomic E-state index is 0.903. The first-order valence-electron chi connectivity index (χ1n) is 7.29. The van der Waals surface area contributed by atoms with Crippen molar-refractivity contribution in [2.75, 3.05) is 33.2 Å². The summed E-state index contributed by atoms with van der Waals surface area (Å²) < 4.78 is 0. The highest BCUT2D eigenvalue weighted by Gasteiger charge is 2.22. The van der Waals surface area contributed by atoms with Crippen LogP contribution in [-0.4, -0.2) is 49.1 Å². The lowest BCUT2D eigenvalue weighted by Gasteiger charge is -2.34. The quantitative estimate of drug-likeness (QED) is 0.678. The second-order valence-electron chi connectivity index (χ2n) is 4.98. The lowest BCUT2D eigenvalue weighted by Crippen LogP contribution is -2.39. The summed E-state index contributed by atoms with van der Waals surface area (Å²) >= 11 is 0. The molecule has 2 heterocycles. The highest BCUT2D eigenvalue weighted by Crippen LogP contribution is 2.20. The fourth-order valence-electron chi connectivity index (χ4n) is 2.87. The summed E-state index contributed by atoms with van der Waals surface area (Å²) in [4.78, 5) is 5.24. The third kappa shape index (κ3) is 4.42. The summed E-state index contributed by atoms with van der Waals surface area (Å²) in [6.45, 7) is 9.36. The Morgan fingerprint density at radius 2 is 1.44 bits per heavy atom. The Bertz CT molecular complexity index is 164. The zero-order valence-corrected chi connectivity index (χ0v) is 11.5. The van der Waals surface area contributed by atoms with Crippen molar-refractivity contribution in [3.05, 3.63) is 0 Å². The molecule has 0 aromatic rings. The minimum Gasteiger partial charge on any atom is -0.306 e. The third-order valence-electron chi connectivity index (χ3n) is 3.83. The molecule has 0 bridgehead atoms. The van der Waals surface area contributed by atoms with Gasteiger partial charge in [-0.15, -0.1) is 0 Å². The van der Waals surface area contributed by atoms with Crippen molar-refractivity contribution in [3.8, 4) is 0 Å². The fraction of sp³-hybridized carbons (Fsp3) is 1.00. The maximum atomic E-state index is 2.75. The molecule has 2 fully saturated rings. The van der Waals surface area contributed by atoms with Gasteiger partial charge in [0.25, 0.3) is 0 Å². The monoisotopic (exact) mass is 226 g/mol. The lowest BCUT2D eigenvalue weighted by molar-refractivity contribution is 0.149. The van der Waals surface area contributed by atoms with E-state index in [2.05, 4.69) is 16.8 Å². The Morgan fingerprint density at radius 3 is 2.12 bits per heavy atom. The van der Waals surface area contributed by atoms with Gasteiger partial charge in [0.2, 0.25) is 0 Å². The molecule has 2 aliphatic rings. The van der Waals surface area contributed by atoms with E-state index in [9.17, 15) is 0 Å². The molecule has 0 N–H and O–H groups in total. The largest absolute Gasteiger partial charge is 0.306 e. The number of likely N-dealkylation sites (tertiary alicyclic amines) is 2. The Labute approximate surface area is 102 Å². The Balaban J connectivity index is 0.000000606. The van der Waals surface area contributed by atoms with Gasteiger partial charge in [-0.3, -0.25) is 0 Å².